The van der Waals surface area contributed by atoms with Gasteiger partial charge >= 0.3 is 5.97 Å². The molecule has 0 aromatic heterocycles. The Morgan fingerprint density at radius 1 is 1.53 bits per heavy atom. The van der Waals surface area contributed by atoms with Gasteiger partial charge in [-0.25, -0.2) is 9.18 Å². The Hall–Kier alpha value is -1.16. The minimum atomic E-state index is -1.25. The van der Waals surface area contributed by atoms with Gasteiger partial charge in [-0.2, -0.15) is 0 Å². The Morgan fingerprint density at radius 2 is 2.27 bits per heavy atom. The first-order valence-electron chi connectivity index (χ1n) is 4.41. The SMILES string of the molecule is O=C(O)c1cccc(C=CCCBr)c1F. The number of alkyl halides is 1. The maximum absolute atomic E-state index is 13.5. The van der Waals surface area contributed by atoms with E-state index in [0.717, 1.165) is 11.8 Å². The molecule has 0 aliphatic heterocycles. The van der Waals surface area contributed by atoms with Gasteiger partial charge in [0.1, 0.15) is 5.82 Å². The number of hydrogen-bond donors (Lipinski definition) is 1. The summed E-state index contributed by atoms with van der Waals surface area (Å²) >= 11 is 3.24. The zero-order chi connectivity index (χ0) is 11.3. The predicted molar refractivity (Wildman–Crippen MR) is 60.8 cm³/mol. The zero-order valence-electron chi connectivity index (χ0n) is 7.91. The summed E-state index contributed by atoms with van der Waals surface area (Å²) in [5.74, 6) is -1.93. The molecular weight excluding hydrogens is 263 g/mol. The lowest BCUT2D eigenvalue weighted by atomic mass is 10.1. The number of carboxylic acid groups (broad SMARTS) is 1. The molecule has 0 aliphatic carbocycles. The molecule has 80 valence electrons. The summed E-state index contributed by atoms with van der Waals surface area (Å²) in [5.41, 5.74) is 0.00634. The third-order valence-electron chi connectivity index (χ3n) is 1.83. The molecule has 0 saturated carbocycles. The largest absolute Gasteiger partial charge is 0.478 e. The lowest BCUT2D eigenvalue weighted by molar-refractivity contribution is 0.0692. The van der Waals surface area contributed by atoms with E-state index in [9.17, 15) is 9.18 Å². The van der Waals surface area contributed by atoms with Gasteiger partial charge in [0.15, 0.2) is 0 Å². The predicted octanol–water partition coefficient (Wildman–Crippen LogP) is 3.32. The van der Waals surface area contributed by atoms with Gasteiger partial charge in [-0.15, -0.1) is 0 Å². The third kappa shape index (κ3) is 3.16. The van der Waals surface area contributed by atoms with Crippen molar-refractivity contribution in [2.45, 2.75) is 6.42 Å². The summed E-state index contributed by atoms with van der Waals surface area (Å²) in [6.45, 7) is 0. The molecule has 0 aliphatic rings. The van der Waals surface area contributed by atoms with Gasteiger partial charge in [0.25, 0.3) is 0 Å². The van der Waals surface area contributed by atoms with Crippen LogP contribution in [0.4, 0.5) is 4.39 Å². The molecule has 0 saturated heterocycles. The van der Waals surface area contributed by atoms with E-state index in [1.165, 1.54) is 12.1 Å². The van der Waals surface area contributed by atoms with Crippen LogP contribution in [0.3, 0.4) is 0 Å². The number of aromatic carboxylic acids is 1. The van der Waals surface area contributed by atoms with E-state index in [2.05, 4.69) is 15.9 Å². The molecule has 0 heterocycles. The van der Waals surface area contributed by atoms with E-state index in [4.69, 9.17) is 5.11 Å². The van der Waals surface area contributed by atoms with E-state index < -0.39 is 11.8 Å². The Bertz CT molecular complexity index is 388. The van der Waals surface area contributed by atoms with Gasteiger partial charge < -0.3 is 5.11 Å². The highest BCUT2D eigenvalue weighted by Gasteiger charge is 2.11. The van der Waals surface area contributed by atoms with Gasteiger partial charge in [-0.1, -0.05) is 40.2 Å². The fraction of sp³-hybridized carbons (Fsp3) is 0.182. The van der Waals surface area contributed by atoms with Crippen molar-refractivity contribution in [1.29, 1.82) is 0 Å². The molecular formula is C11H10BrFO2. The van der Waals surface area contributed by atoms with Crippen LogP contribution in [0.5, 0.6) is 0 Å². The van der Waals surface area contributed by atoms with Gasteiger partial charge in [-0.3, -0.25) is 0 Å². The van der Waals surface area contributed by atoms with Crippen LogP contribution in [0.2, 0.25) is 0 Å². The zero-order valence-corrected chi connectivity index (χ0v) is 9.50. The van der Waals surface area contributed by atoms with E-state index in [1.54, 1.807) is 18.2 Å². The van der Waals surface area contributed by atoms with E-state index in [0.29, 0.717) is 5.56 Å². The molecule has 4 heteroatoms. The molecule has 0 radical (unpaired) electrons. The molecule has 2 nitrogen and oxygen atoms in total. The Labute approximate surface area is 95.6 Å². The fourth-order valence-electron chi connectivity index (χ4n) is 1.12. The highest BCUT2D eigenvalue weighted by atomic mass is 79.9. The van der Waals surface area contributed by atoms with Crippen molar-refractivity contribution < 1.29 is 14.3 Å². The first-order chi connectivity index (χ1) is 7.16. The third-order valence-corrected chi connectivity index (χ3v) is 2.29. The summed E-state index contributed by atoms with van der Waals surface area (Å²) in [6.07, 6.45) is 4.15. The second kappa shape index (κ2) is 5.66. The lowest BCUT2D eigenvalue weighted by Crippen LogP contribution is -2.01. The highest BCUT2D eigenvalue weighted by Crippen LogP contribution is 2.14. The summed E-state index contributed by atoms with van der Waals surface area (Å²) in [6, 6.07) is 4.33. The van der Waals surface area contributed by atoms with Crippen LogP contribution in [-0.2, 0) is 0 Å². The average molecular weight is 273 g/mol. The summed E-state index contributed by atoms with van der Waals surface area (Å²) in [5, 5.41) is 9.49. The fourth-order valence-corrected chi connectivity index (χ4v) is 1.38. The second-order valence-electron chi connectivity index (χ2n) is 2.89. The van der Waals surface area contributed by atoms with Gasteiger partial charge in [0, 0.05) is 10.9 Å². The Kier molecular flexibility index (Phi) is 4.49. The normalized spacial score (nSPS) is 10.8. The summed E-state index contributed by atoms with van der Waals surface area (Å²) in [4.78, 5) is 10.6. The quantitative estimate of drug-likeness (QED) is 0.854. The van der Waals surface area contributed by atoms with Crippen molar-refractivity contribution in [1.82, 2.24) is 0 Å². The number of carboxylic acids is 1. The topological polar surface area (TPSA) is 37.3 Å². The molecule has 1 aromatic rings. The molecule has 1 aromatic carbocycles. The van der Waals surface area contributed by atoms with Crippen molar-refractivity contribution in [2.24, 2.45) is 0 Å². The summed E-state index contributed by atoms with van der Waals surface area (Å²) < 4.78 is 13.5. The van der Waals surface area contributed by atoms with E-state index >= 15 is 0 Å². The number of hydrogen-bond acceptors (Lipinski definition) is 1. The van der Waals surface area contributed by atoms with E-state index in [-0.39, 0.29) is 5.56 Å². The second-order valence-corrected chi connectivity index (χ2v) is 3.69. The van der Waals surface area contributed by atoms with Gasteiger partial charge in [0.2, 0.25) is 0 Å². The number of benzene rings is 1. The summed E-state index contributed by atoms with van der Waals surface area (Å²) in [7, 11) is 0. The standard InChI is InChI=1S/C11H10BrFO2/c12-7-2-1-4-8-5-3-6-9(10(8)13)11(14)15/h1,3-6H,2,7H2,(H,14,15). The first kappa shape index (κ1) is 11.9. The molecule has 0 bridgehead atoms. The lowest BCUT2D eigenvalue weighted by Gasteiger charge is -2.00. The van der Waals surface area contributed by atoms with E-state index in [1.807, 2.05) is 0 Å². The van der Waals surface area contributed by atoms with Crippen LogP contribution in [-0.4, -0.2) is 16.4 Å². The minimum Gasteiger partial charge on any atom is -0.478 e. The van der Waals surface area contributed by atoms with Crippen molar-refractivity contribution in [3.05, 3.63) is 41.2 Å². The van der Waals surface area contributed by atoms with Crippen LogP contribution in [0.15, 0.2) is 24.3 Å². The number of allylic oxidation sites excluding steroid dienone is 1. The maximum atomic E-state index is 13.5. The van der Waals surface area contributed by atoms with Crippen molar-refractivity contribution in [3.63, 3.8) is 0 Å². The smallest absolute Gasteiger partial charge is 0.338 e. The van der Waals surface area contributed by atoms with Crippen LogP contribution >= 0.6 is 15.9 Å². The number of halogens is 2. The molecule has 1 rings (SSSR count). The maximum Gasteiger partial charge on any atom is 0.338 e. The Morgan fingerprint density at radius 3 is 2.87 bits per heavy atom. The molecule has 0 fully saturated rings. The Balaban J connectivity index is 2.99. The first-order valence-corrected chi connectivity index (χ1v) is 5.53. The van der Waals surface area contributed by atoms with Gasteiger partial charge in [0.05, 0.1) is 5.56 Å². The molecule has 0 unspecified atom stereocenters. The molecule has 0 atom stereocenters. The minimum absolute atomic E-state index is 0.295. The number of rotatable bonds is 4. The van der Waals surface area contributed by atoms with Crippen molar-refractivity contribution in [2.75, 3.05) is 5.33 Å². The van der Waals surface area contributed by atoms with Crippen LogP contribution in [0, 0.1) is 5.82 Å². The number of carbonyl (C=O) groups is 1. The molecule has 15 heavy (non-hydrogen) atoms. The highest BCUT2D eigenvalue weighted by molar-refractivity contribution is 9.09. The monoisotopic (exact) mass is 272 g/mol. The average Bonchev–Trinajstić information content (AvgIpc) is 2.20. The van der Waals surface area contributed by atoms with Crippen molar-refractivity contribution in [3.8, 4) is 0 Å². The van der Waals surface area contributed by atoms with Crippen LogP contribution < -0.4 is 0 Å². The van der Waals surface area contributed by atoms with Crippen LogP contribution in [0.1, 0.15) is 22.3 Å². The molecule has 0 amide bonds. The van der Waals surface area contributed by atoms with Crippen LogP contribution in [0.25, 0.3) is 6.08 Å². The molecule has 0 spiro atoms. The molecule has 1 N–H and O–H groups in total. The van der Waals surface area contributed by atoms with Gasteiger partial charge in [-0.05, 0) is 12.5 Å². The van der Waals surface area contributed by atoms with Crippen molar-refractivity contribution >= 4 is 28.0 Å².